The molecule has 0 spiro atoms. The normalized spacial score (nSPS) is 15.3. The minimum absolute atomic E-state index is 0.000113. The third kappa shape index (κ3) is 3.36. The van der Waals surface area contributed by atoms with Crippen molar-refractivity contribution in [3.05, 3.63) is 21.0 Å². The molecule has 0 saturated heterocycles. The van der Waals surface area contributed by atoms with Crippen molar-refractivity contribution in [2.24, 2.45) is 5.92 Å². The minimum atomic E-state index is -0.000113. The Hall–Kier alpha value is -0.880. The van der Waals surface area contributed by atoms with E-state index in [1.165, 1.54) is 19.3 Å². The van der Waals surface area contributed by atoms with Crippen molar-refractivity contribution < 1.29 is 0 Å². The van der Waals surface area contributed by atoms with E-state index in [0.29, 0.717) is 11.6 Å². The van der Waals surface area contributed by atoms with E-state index in [1.54, 1.807) is 10.9 Å². The van der Waals surface area contributed by atoms with Crippen molar-refractivity contribution in [1.29, 1.82) is 0 Å². The number of likely N-dealkylation sites (N-methyl/N-ethyl adjacent to an activating group) is 2. The number of hydrogen-bond donors (Lipinski definition) is 1. The second-order valence-electron chi connectivity index (χ2n) is 5.15. The molecule has 1 aliphatic rings. The van der Waals surface area contributed by atoms with Gasteiger partial charge in [-0.2, -0.15) is 5.10 Å². The second kappa shape index (κ2) is 6.52. The first kappa shape index (κ1) is 14.5. The molecule has 1 N–H and O–H groups in total. The molecule has 0 aromatic carbocycles. The highest BCUT2D eigenvalue weighted by molar-refractivity contribution is 9.10. The van der Waals surface area contributed by atoms with Crippen LogP contribution in [0.1, 0.15) is 19.3 Å². The molecule has 0 radical (unpaired) electrons. The van der Waals surface area contributed by atoms with Crippen molar-refractivity contribution in [1.82, 2.24) is 15.1 Å². The molecule has 1 aliphatic carbocycles. The van der Waals surface area contributed by atoms with Crippen LogP contribution in [0, 0.1) is 5.92 Å². The average molecular weight is 329 g/mol. The van der Waals surface area contributed by atoms with E-state index >= 15 is 0 Å². The second-order valence-corrected chi connectivity index (χ2v) is 6.00. The zero-order valence-electron chi connectivity index (χ0n) is 11.5. The lowest BCUT2D eigenvalue weighted by Crippen LogP contribution is -2.36. The summed E-state index contributed by atoms with van der Waals surface area (Å²) in [5.41, 5.74) is 0.699. The fourth-order valence-corrected chi connectivity index (χ4v) is 2.81. The lowest BCUT2D eigenvalue weighted by atomic mass is 9.85. The fourth-order valence-electron chi connectivity index (χ4n) is 2.25. The van der Waals surface area contributed by atoms with Crippen LogP contribution in [0.5, 0.6) is 0 Å². The summed E-state index contributed by atoms with van der Waals surface area (Å²) < 4.78 is 2.38. The van der Waals surface area contributed by atoms with Crippen LogP contribution in [0.25, 0.3) is 0 Å². The molecule has 1 aromatic heterocycles. The summed E-state index contributed by atoms with van der Waals surface area (Å²) in [5.74, 6) is 0.627. The van der Waals surface area contributed by atoms with Gasteiger partial charge in [-0.25, -0.2) is 4.68 Å². The standard InChI is InChI=1S/C13H21BrN4O/c1-15-6-7-17(2)12-11(14)8-16-18(13(12)19)9-10-4-3-5-10/h8,10,15H,3-7,9H2,1-2H3. The zero-order chi connectivity index (χ0) is 13.8. The Kier molecular flexibility index (Phi) is 4.99. The Bertz CT molecular complexity index is 484. The van der Waals surface area contributed by atoms with Gasteiger partial charge in [-0.15, -0.1) is 0 Å². The van der Waals surface area contributed by atoms with E-state index in [9.17, 15) is 4.79 Å². The van der Waals surface area contributed by atoms with Crippen molar-refractivity contribution in [3.63, 3.8) is 0 Å². The molecule has 0 amide bonds. The van der Waals surface area contributed by atoms with Crippen LogP contribution in [0.15, 0.2) is 15.5 Å². The van der Waals surface area contributed by atoms with E-state index in [2.05, 4.69) is 26.3 Å². The number of nitrogens with one attached hydrogen (secondary N) is 1. The summed E-state index contributed by atoms with van der Waals surface area (Å²) in [7, 11) is 3.84. The molecule has 0 atom stereocenters. The number of anilines is 1. The highest BCUT2D eigenvalue weighted by Crippen LogP contribution is 2.27. The van der Waals surface area contributed by atoms with Gasteiger partial charge in [-0.05, 0) is 41.7 Å². The first-order valence-corrected chi connectivity index (χ1v) is 7.54. The molecule has 5 nitrogen and oxygen atoms in total. The molecule has 1 aromatic rings. The summed E-state index contributed by atoms with van der Waals surface area (Å²) in [4.78, 5) is 14.5. The minimum Gasteiger partial charge on any atom is -0.368 e. The lowest BCUT2D eigenvalue weighted by molar-refractivity contribution is 0.261. The van der Waals surface area contributed by atoms with Crippen LogP contribution < -0.4 is 15.8 Å². The van der Waals surface area contributed by atoms with Crippen LogP contribution in [-0.2, 0) is 6.54 Å². The van der Waals surface area contributed by atoms with Gasteiger partial charge in [0, 0.05) is 26.7 Å². The fraction of sp³-hybridized carbons (Fsp3) is 0.692. The first-order valence-electron chi connectivity index (χ1n) is 6.75. The van der Waals surface area contributed by atoms with Crippen molar-refractivity contribution in [2.45, 2.75) is 25.8 Å². The predicted molar refractivity (Wildman–Crippen MR) is 80.7 cm³/mol. The Labute approximate surface area is 122 Å². The van der Waals surface area contributed by atoms with Gasteiger partial charge < -0.3 is 10.2 Å². The Balaban J connectivity index is 2.20. The van der Waals surface area contributed by atoms with Gasteiger partial charge in [-0.1, -0.05) is 6.42 Å². The van der Waals surface area contributed by atoms with Crippen LogP contribution in [0.2, 0.25) is 0 Å². The molecule has 106 valence electrons. The molecule has 1 saturated carbocycles. The third-order valence-corrected chi connectivity index (χ3v) is 4.29. The number of halogens is 1. The van der Waals surface area contributed by atoms with Gasteiger partial charge in [-0.3, -0.25) is 4.79 Å². The average Bonchev–Trinajstić information content (AvgIpc) is 2.33. The van der Waals surface area contributed by atoms with E-state index in [1.807, 2.05) is 19.0 Å². The summed E-state index contributed by atoms with van der Waals surface area (Å²) in [5, 5.41) is 7.33. The number of nitrogens with zero attached hydrogens (tertiary/aromatic N) is 3. The van der Waals surface area contributed by atoms with Gasteiger partial charge in [0.15, 0.2) is 0 Å². The van der Waals surface area contributed by atoms with E-state index in [-0.39, 0.29) is 5.56 Å². The highest BCUT2D eigenvalue weighted by Gasteiger charge is 2.21. The van der Waals surface area contributed by atoms with Gasteiger partial charge >= 0.3 is 0 Å². The maximum atomic E-state index is 12.5. The molecule has 2 rings (SSSR count). The third-order valence-electron chi connectivity index (χ3n) is 3.71. The molecular formula is C13H21BrN4O. The molecule has 19 heavy (non-hydrogen) atoms. The molecular weight excluding hydrogens is 308 g/mol. The highest BCUT2D eigenvalue weighted by atomic mass is 79.9. The summed E-state index contributed by atoms with van der Waals surface area (Å²) in [6.07, 6.45) is 5.44. The van der Waals surface area contributed by atoms with Crippen molar-refractivity contribution in [2.75, 3.05) is 32.1 Å². The van der Waals surface area contributed by atoms with E-state index < -0.39 is 0 Å². The maximum Gasteiger partial charge on any atom is 0.291 e. The van der Waals surface area contributed by atoms with Crippen LogP contribution >= 0.6 is 15.9 Å². The Morgan fingerprint density at radius 1 is 1.58 bits per heavy atom. The maximum absolute atomic E-state index is 12.5. The molecule has 0 unspecified atom stereocenters. The van der Waals surface area contributed by atoms with Gasteiger partial charge in [0.2, 0.25) is 0 Å². The van der Waals surface area contributed by atoms with Crippen LogP contribution in [-0.4, -0.2) is 37.0 Å². The van der Waals surface area contributed by atoms with Crippen molar-refractivity contribution >= 4 is 21.6 Å². The predicted octanol–water partition coefficient (Wildman–Crippen LogP) is 1.46. The van der Waals surface area contributed by atoms with Crippen molar-refractivity contribution in [3.8, 4) is 0 Å². The SMILES string of the molecule is CNCCN(C)c1c(Br)cnn(CC2CCC2)c1=O. The summed E-state index contributed by atoms with van der Waals surface area (Å²) in [6, 6.07) is 0. The number of aromatic nitrogens is 2. The van der Waals surface area contributed by atoms with Gasteiger partial charge in [0.05, 0.1) is 10.7 Å². The smallest absolute Gasteiger partial charge is 0.291 e. The number of hydrogen-bond acceptors (Lipinski definition) is 4. The van der Waals surface area contributed by atoms with Gasteiger partial charge in [0.1, 0.15) is 5.69 Å². The molecule has 1 heterocycles. The molecule has 6 heteroatoms. The molecule has 1 fully saturated rings. The van der Waals surface area contributed by atoms with E-state index in [0.717, 1.165) is 24.1 Å². The Morgan fingerprint density at radius 2 is 2.32 bits per heavy atom. The lowest BCUT2D eigenvalue weighted by Gasteiger charge is -2.26. The largest absolute Gasteiger partial charge is 0.368 e. The molecule has 0 bridgehead atoms. The van der Waals surface area contributed by atoms with Crippen LogP contribution in [0.4, 0.5) is 5.69 Å². The summed E-state index contributed by atoms with van der Waals surface area (Å²) in [6.45, 7) is 2.38. The summed E-state index contributed by atoms with van der Waals surface area (Å²) >= 11 is 3.43. The first-order chi connectivity index (χ1) is 9.13. The molecule has 0 aliphatic heterocycles. The topological polar surface area (TPSA) is 50.2 Å². The monoisotopic (exact) mass is 328 g/mol. The van der Waals surface area contributed by atoms with E-state index in [4.69, 9.17) is 0 Å². The quantitative estimate of drug-likeness (QED) is 0.859. The van der Waals surface area contributed by atoms with Gasteiger partial charge in [0.25, 0.3) is 5.56 Å². The Morgan fingerprint density at radius 3 is 2.89 bits per heavy atom. The number of rotatable bonds is 6. The van der Waals surface area contributed by atoms with Crippen LogP contribution in [0.3, 0.4) is 0 Å². The zero-order valence-corrected chi connectivity index (χ0v) is 13.1.